The van der Waals surface area contributed by atoms with Crippen LogP contribution in [0, 0.1) is 6.92 Å². The molecule has 0 amide bonds. The first-order valence-corrected chi connectivity index (χ1v) is 11.5. The Labute approximate surface area is 153 Å². The van der Waals surface area contributed by atoms with Crippen molar-refractivity contribution < 1.29 is 9.16 Å². The molecule has 1 N–H and O–H groups in total. The smallest absolute Gasteiger partial charge is 0.330 e. The van der Waals surface area contributed by atoms with Crippen molar-refractivity contribution in [1.29, 1.82) is 0 Å². The van der Waals surface area contributed by atoms with E-state index in [0.717, 1.165) is 0 Å². The summed E-state index contributed by atoms with van der Waals surface area (Å²) in [7, 11) is -2.07. The fraction of sp³-hybridized carbons (Fsp3) is 0.750. The van der Waals surface area contributed by atoms with Crippen LogP contribution in [0.3, 0.4) is 0 Å². The monoisotopic (exact) mass is 381 g/mol. The van der Waals surface area contributed by atoms with Crippen molar-refractivity contribution in [3.05, 3.63) is 43.0 Å². The molecule has 1 aliphatic heterocycles. The number of hydrogen-bond acceptors (Lipinski definition) is 5. The minimum atomic E-state index is -2.07. The lowest BCUT2D eigenvalue weighted by Crippen LogP contribution is -2.46. The Kier molecular flexibility index (Phi) is 5.81. The van der Waals surface area contributed by atoms with Crippen LogP contribution in [0.1, 0.15) is 39.0 Å². The molecule has 1 aromatic heterocycles. The number of nitrogens with zero attached hydrogens (tertiary/aromatic N) is 4. The van der Waals surface area contributed by atoms with Crippen molar-refractivity contribution in [3.63, 3.8) is 0 Å². The Morgan fingerprint density at radius 2 is 2.12 bits per heavy atom. The number of aryl methyl sites for hydroxylation is 1. The summed E-state index contributed by atoms with van der Waals surface area (Å²) in [5, 5.41) is 3.64. The van der Waals surface area contributed by atoms with Gasteiger partial charge in [-0.3, -0.25) is 14.3 Å². The molecule has 0 aromatic carbocycles. The minimum absolute atomic E-state index is 0.0134. The summed E-state index contributed by atoms with van der Waals surface area (Å²) in [6.07, 6.45) is 0.635. The third-order valence-corrected chi connectivity index (χ3v) is 9.72. The molecule has 144 valence electrons. The van der Waals surface area contributed by atoms with Crippen LogP contribution in [0.5, 0.6) is 0 Å². The molecule has 0 radical (unpaired) electrons. The van der Waals surface area contributed by atoms with Gasteiger partial charge >= 0.3 is 5.69 Å². The molecule has 1 aromatic rings. The van der Waals surface area contributed by atoms with Gasteiger partial charge in [0.1, 0.15) is 6.23 Å². The molecule has 9 nitrogen and oxygen atoms in total. The molecule has 3 atom stereocenters. The van der Waals surface area contributed by atoms with Gasteiger partial charge in [-0.2, -0.15) is 0 Å². The Morgan fingerprint density at radius 3 is 2.69 bits per heavy atom. The van der Waals surface area contributed by atoms with Gasteiger partial charge in [-0.05, 0) is 30.6 Å². The van der Waals surface area contributed by atoms with Crippen LogP contribution < -0.4 is 11.2 Å². The van der Waals surface area contributed by atoms with E-state index in [0.29, 0.717) is 12.0 Å². The van der Waals surface area contributed by atoms with Crippen LogP contribution in [-0.2, 0) is 9.16 Å². The van der Waals surface area contributed by atoms with Gasteiger partial charge < -0.3 is 9.16 Å². The van der Waals surface area contributed by atoms with E-state index in [2.05, 4.69) is 48.9 Å². The third-order valence-electron chi connectivity index (χ3n) is 5.21. The number of H-pyrrole nitrogens is 1. The van der Waals surface area contributed by atoms with E-state index in [1.165, 1.54) is 10.8 Å². The molecule has 0 saturated carbocycles. The molecule has 1 aliphatic rings. The number of ether oxygens (including phenoxy) is 1. The Hall–Kier alpha value is -1.87. The molecule has 1 unspecified atom stereocenters. The lowest BCUT2D eigenvalue weighted by atomic mass is 10.2. The summed E-state index contributed by atoms with van der Waals surface area (Å²) >= 11 is 0. The molecule has 2 heterocycles. The molecule has 2 rings (SSSR count). The third kappa shape index (κ3) is 4.26. The van der Waals surface area contributed by atoms with Gasteiger partial charge in [0.25, 0.3) is 5.56 Å². The van der Waals surface area contributed by atoms with E-state index in [4.69, 9.17) is 14.7 Å². The number of nitrogens with one attached hydrogen (secondary N) is 1. The van der Waals surface area contributed by atoms with Gasteiger partial charge in [0, 0.05) is 23.1 Å². The average molecular weight is 382 g/mol. The van der Waals surface area contributed by atoms with Crippen LogP contribution >= 0.6 is 0 Å². The molecule has 10 heteroatoms. The van der Waals surface area contributed by atoms with Crippen LogP contribution in [0.4, 0.5) is 0 Å². The van der Waals surface area contributed by atoms with Gasteiger partial charge in [0.2, 0.25) is 0 Å². The zero-order valence-corrected chi connectivity index (χ0v) is 17.1. The van der Waals surface area contributed by atoms with Crippen LogP contribution in [0.15, 0.2) is 20.9 Å². The van der Waals surface area contributed by atoms with Crippen molar-refractivity contribution in [2.45, 2.75) is 70.7 Å². The quantitative estimate of drug-likeness (QED) is 0.364. The highest BCUT2D eigenvalue weighted by Crippen LogP contribution is 2.40. The van der Waals surface area contributed by atoms with E-state index < -0.39 is 31.9 Å². The SMILES string of the molecule is Cc1cn([C@H]2CC(O[Si](C)(C)C(C)(C)C)[C@@H](CN=[N+]=[N-])O2)c(=O)[nH]c1=O. The Bertz CT molecular complexity index is 819. The topological polar surface area (TPSA) is 122 Å². The first-order valence-electron chi connectivity index (χ1n) is 8.62. The second-order valence-electron chi connectivity index (χ2n) is 8.17. The van der Waals surface area contributed by atoms with Crippen LogP contribution in [-0.4, -0.2) is 36.6 Å². The summed E-state index contributed by atoms with van der Waals surface area (Å²) in [6.45, 7) is 12.5. The van der Waals surface area contributed by atoms with E-state index >= 15 is 0 Å². The maximum atomic E-state index is 12.2. The van der Waals surface area contributed by atoms with Crippen LogP contribution in [0.25, 0.3) is 10.4 Å². The van der Waals surface area contributed by atoms with Gasteiger partial charge in [0.05, 0.1) is 18.8 Å². The molecule has 0 spiro atoms. The van der Waals surface area contributed by atoms with E-state index in [-0.39, 0.29) is 17.7 Å². The predicted octanol–water partition coefficient (Wildman–Crippen LogP) is 2.83. The summed E-state index contributed by atoms with van der Waals surface area (Å²) < 4.78 is 13.8. The summed E-state index contributed by atoms with van der Waals surface area (Å²) in [6, 6.07) is 0. The van der Waals surface area contributed by atoms with Crippen molar-refractivity contribution in [3.8, 4) is 0 Å². The van der Waals surface area contributed by atoms with Crippen LogP contribution in [0.2, 0.25) is 18.1 Å². The summed E-state index contributed by atoms with van der Waals surface area (Å²) in [5.74, 6) is 0. The highest BCUT2D eigenvalue weighted by atomic mass is 28.4. The van der Waals surface area contributed by atoms with Gasteiger partial charge in [-0.25, -0.2) is 4.79 Å². The van der Waals surface area contributed by atoms with Crippen molar-refractivity contribution >= 4 is 8.32 Å². The summed E-state index contributed by atoms with van der Waals surface area (Å²) in [4.78, 5) is 28.8. The molecular formula is C16H27N5O4Si. The number of hydrogen-bond donors (Lipinski definition) is 1. The first-order chi connectivity index (χ1) is 12.0. The fourth-order valence-electron chi connectivity index (χ4n) is 2.63. The predicted molar refractivity (Wildman–Crippen MR) is 101 cm³/mol. The molecule has 26 heavy (non-hydrogen) atoms. The molecule has 0 aliphatic carbocycles. The minimum Gasteiger partial charge on any atom is -0.411 e. The van der Waals surface area contributed by atoms with E-state index in [1.807, 2.05) is 0 Å². The van der Waals surface area contributed by atoms with Gasteiger partial charge in [0.15, 0.2) is 8.32 Å². The Balaban J connectivity index is 2.31. The number of aromatic amines is 1. The first kappa shape index (κ1) is 20.4. The number of aromatic nitrogens is 2. The molecular weight excluding hydrogens is 354 g/mol. The van der Waals surface area contributed by atoms with Crippen molar-refractivity contribution in [1.82, 2.24) is 9.55 Å². The molecule has 0 bridgehead atoms. The highest BCUT2D eigenvalue weighted by Gasteiger charge is 2.45. The molecule has 1 saturated heterocycles. The largest absolute Gasteiger partial charge is 0.411 e. The second kappa shape index (κ2) is 7.40. The van der Waals surface area contributed by atoms with Gasteiger partial charge in [-0.1, -0.05) is 25.9 Å². The maximum Gasteiger partial charge on any atom is 0.330 e. The summed E-state index contributed by atoms with van der Waals surface area (Å²) in [5.41, 5.74) is 8.13. The van der Waals surface area contributed by atoms with E-state index in [9.17, 15) is 9.59 Å². The Morgan fingerprint density at radius 1 is 1.46 bits per heavy atom. The normalized spacial score (nSPS) is 23.7. The van der Waals surface area contributed by atoms with Gasteiger partial charge in [-0.15, -0.1) is 0 Å². The zero-order chi connectivity index (χ0) is 19.7. The number of rotatable bonds is 5. The second-order valence-corrected chi connectivity index (χ2v) is 12.9. The molecule has 1 fully saturated rings. The lowest BCUT2D eigenvalue weighted by molar-refractivity contribution is -0.0132. The standard InChI is InChI=1S/C16H27N5O4Si/c1-10-9-21(15(23)19-14(10)22)13-7-11(12(24-13)8-18-20-17)25-26(5,6)16(2,3)4/h9,11-13H,7-8H2,1-6H3,(H,19,22,23)/t11?,12-,13-/m1/s1. The number of azide groups is 1. The lowest BCUT2D eigenvalue weighted by Gasteiger charge is -2.39. The maximum absolute atomic E-state index is 12.2. The van der Waals surface area contributed by atoms with Crippen molar-refractivity contribution in [2.75, 3.05) is 6.54 Å². The fourth-order valence-corrected chi connectivity index (χ4v) is 3.99. The zero-order valence-electron chi connectivity index (χ0n) is 16.1. The van der Waals surface area contributed by atoms with E-state index in [1.54, 1.807) is 6.92 Å². The van der Waals surface area contributed by atoms with Crippen molar-refractivity contribution in [2.24, 2.45) is 5.11 Å². The average Bonchev–Trinajstić information content (AvgIpc) is 2.89. The highest BCUT2D eigenvalue weighted by molar-refractivity contribution is 6.74.